The topological polar surface area (TPSA) is 124 Å². The van der Waals surface area contributed by atoms with Gasteiger partial charge in [0, 0.05) is 31.5 Å². The lowest BCUT2D eigenvalue weighted by molar-refractivity contribution is -0.133. The van der Waals surface area contributed by atoms with Crippen molar-refractivity contribution in [3.63, 3.8) is 0 Å². The molecule has 11 nitrogen and oxygen atoms in total. The predicted molar refractivity (Wildman–Crippen MR) is 98.4 cm³/mol. The molecule has 1 aliphatic rings. The normalized spacial score (nSPS) is 16.2. The number of fused-ring (bicyclic) bond motifs is 1. The fourth-order valence-corrected chi connectivity index (χ4v) is 3.44. The number of hydrogen-bond donors (Lipinski definition) is 1. The number of nitrogens with zero attached hydrogens (tertiary/aromatic N) is 7. The Morgan fingerprint density at radius 2 is 2.07 bits per heavy atom. The fourth-order valence-electron chi connectivity index (χ4n) is 3.44. The van der Waals surface area contributed by atoms with Crippen LogP contribution in [0.15, 0.2) is 28.2 Å². The van der Waals surface area contributed by atoms with Gasteiger partial charge in [0.15, 0.2) is 11.6 Å². The minimum Gasteiger partial charge on any atom is -0.332 e. The highest BCUT2D eigenvalue weighted by molar-refractivity contribution is 5.76. The second-order valence-electron chi connectivity index (χ2n) is 7.04. The first kappa shape index (κ1) is 17.9. The van der Waals surface area contributed by atoms with E-state index in [0.29, 0.717) is 24.5 Å². The van der Waals surface area contributed by atoms with Crippen LogP contribution < -0.4 is 11.2 Å². The molecule has 146 valence electrons. The van der Waals surface area contributed by atoms with E-state index < -0.39 is 11.2 Å². The van der Waals surface area contributed by atoms with E-state index in [1.54, 1.807) is 22.7 Å². The van der Waals surface area contributed by atoms with Crippen LogP contribution in [0.25, 0.3) is 11.4 Å². The van der Waals surface area contributed by atoms with E-state index in [0.717, 1.165) is 11.4 Å². The number of amides is 1. The van der Waals surface area contributed by atoms with Crippen LogP contribution in [-0.2, 0) is 24.9 Å². The summed E-state index contributed by atoms with van der Waals surface area (Å²) >= 11 is 0. The van der Waals surface area contributed by atoms with Gasteiger partial charge in [0.25, 0.3) is 5.56 Å². The van der Waals surface area contributed by atoms with Gasteiger partial charge >= 0.3 is 5.69 Å². The van der Waals surface area contributed by atoms with E-state index in [4.69, 9.17) is 0 Å². The van der Waals surface area contributed by atoms with Crippen molar-refractivity contribution in [1.29, 1.82) is 0 Å². The van der Waals surface area contributed by atoms with Gasteiger partial charge in [-0.1, -0.05) is 0 Å². The standard InChI is InChI=1S/C17H20N8O3/c1-10-5-24(17(28)19-16(10)27)9-14(26)23-6-11(2)25-13(8-23)20-21-15(25)12-4-18-22(3)7-12/h4-5,7,11H,6,8-9H2,1-3H3,(H,19,27,28)/t11-/m0/s1. The minimum atomic E-state index is -0.601. The Morgan fingerprint density at radius 3 is 2.79 bits per heavy atom. The molecule has 3 aromatic heterocycles. The van der Waals surface area contributed by atoms with Gasteiger partial charge in [0.05, 0.1) is 24.3 Å². The highest BCUT2D eigenvalue weighted by atomic mass is 16.2. The quantitative estimate of drug-likeness (QED) is 0.646. The van der Waals surface area contributed by atoms with Gasteiger partial charge in [-0.15, -0.1) is 10.2 Å². The summed E-state index contributed by atoms with van der Waals surface area (Å²) < 4.78 is 4.92. The molecular formula is C17H20N8O3. The van der Waals surface area contributed by atoms with Gasteiger partial charge in [-0.05, 0) is 13.8 Å². The van der Waals surface area contributed by atoms with E-state index in [9.17, 15) is 14.4 Å². The molecule has 0 unspecified atom stereocenters. The molecule has 0 fully saturated rings. The molecule has 1 amide bonds. The molecule has 0 spiro atoms. The Morgan fingerprint density at radius 1 is 1.29 bits per heavy atom. The number of carbonyl (C=O) groups is 1. The summed E-state index contributed by atoms with van der Waals surface area (Å²) in [6, 6.07) is -0.0352. The van der Waals surface area contributed by atoms with Gasteiger partial charge in [0.2, 0.25) is 5.91 Å². The van der Waals surface area contributed by atoms with Crippen LogP contribution >= 0.6 is 0 Å². The first-order chi connectivity index (χ1) is 13.3. The molecule has 0 saturated carbocycles. The Kier molecular flexibility index (Phi) is 4.21. The second kappa shape index (κ2) is 6.59. The Bertz CT molecular complexity index is 1170. The van der Waals surface area contributed by atoms with Crippen LogP contribution in [0.3, 0.4) is 0 Å². The monoisotopic (exact) mass is 384 g/mol. The largest absolute Gasteiger partial charge is 0.332 e. The molecule has 0 saturated heterocycles. The summed E-state index contributed by atoms with van der Waals surface area (Å²) in [6.07, 6.45) is 4.99. The molecule has 0 radical (unpaired) electrons. The molecule has 1 aliphatic heterocycles. The van der Waals surface area contributed by atoms with Gasteiger partial charge in [-0.25, -0.2) is 4.79 Å². The van der Waals surface area contributed by atoms with Crippen LogP contribution in [0.2, 0.25) is 0 Å². The number of aromatic amines is 1. The summed E-state index contributed by atoms with van der Waals surface area (Å²) in [6.45, 7) is 4.20. The number of aromatic nitrogens is 7. The lowest BCUT2D eigenvalue weighted by atomic mass is 10.2. The third-order valence-electron chi connectivity index (χ3n) is 4.83. The first-order valence-corrected chi connectivity index (χ1v) is 8.84. The molecule has 0 aliphatic carbocycles. The zero-order valence-electron chi connectivity index (χ0n) is 15.8. The summed E-state index contributed by atoms with van der Waals surface area (Å²) in [5, 5.41) is 12.7. The molecule has 3 aromatic rings. The average molecular weight is 384 g/mol. The first-order valence-electron chi connectivity index (χ1n) is 8.84. The number of aryl methyl sites for hydroxylation is 2. The molecule has 4 rings (SSSR count). The van der Waals surface area contributed by atoms with Gasteiger partial charge in [-0.3, -0.25) is 23.8 Å². The average Bonchev–Trinajstić information content (AvgIpc) is 3.25. The number of H-pyrrole nitrogens is 1. The van der Waals surface area contributed by atoms with Gasteiger partial charge in [0.1, 0.15) is 6.54 Å². The molecule has 11 heteroatoms. The fraction of sp³-hybridized carbons (Fsp3) is 0.412. The van der Waals surface area contributed by atoms with Crippen molar-refractivity contribution in [3.05, 3.63) is 50.8 Å². The maximum Gasteiger partial charge on any atom is 0.328 e. The predicted octanol–water partition coefficient (Wildman–Crippen LogP) is -0.560. The van der Waals surface area contributed by atoms with E-state index in [-0.39, 0.29) is 18.5 Å². The minimum absolute atomic E-state index is 0.0352. The van der Waals surface area contributed by atoms with E-state index >= 15 is 0 Å². The van der Waals surface area contributed by atoms with Crippen molar-refractivity contribution in [1.82, 2.24) is 39.0 Å². The maximum atomic E-state index is 12.8. The molecule has 28 heavy (non-hydrogen) atoms. The van der Waals surface area contributed by atoms with Crippen LogP contribution in [0.5, 0.6) is 0 Å². The summed E-state index contributed by atoms with van der Waals surface area (Å²) in [7, 11) is 1.83. The molecule has 1 N–H and O–H groups in total. The lowest BCUT2D eigenvalue weighted by Gasteiger charge is -2.32. The molecule has 0 aromatic carbocycles. The SMILES string of the molecule is Cc1cn(CC(=O)N2Cc3nnc(-c4cnn(C)c4)n3[C@@H](C)C2)c(=O)[nH]c1=O. The molecular weight excluding hydrogens is 364 g/mol. The lowest BCUT2D eigenvalue weighted by Crippen LogP contribution is -2.43. The summed E-state index contributed by atoms with van der Waals surface area (Å²) in [5.74, 6) is 1.17. The zero-order chi connectivity index (χ0) is 20.0. The molecule has 0 bridgehead atoms. The van der Waals surface area contributed by atoms with Crippen LogP contribution in [0.4, 0.5) is 0 Å². The third kappa shape index (κ3) is 3.04. The third-order valence-corrected chi connectivity index (χ3v) is 4.83. The van der Waals surface area contributed by atoms with Crippen LogP contribution in [-0.4, -0.2) is 51.4 Å². The Balaban J connectivity index is 1.57. The summed E-state index contributed by atoms with van der Waals surface area (Å²) in [4.78, 5) is 40.0. The molecule has 4 heterocycles. The number of rotatable bonds is 3. The van der Waals surface area contributed by atoms with Gasteiger partial charge in [-0.2, -0.15) is 5.10 Å². The number of nitrogens with one attached hydrogen (secondary N) is 1. The smallest absolute Gasteiger partial charge is 0.328 e. The zero-order valence-corrected chi connectivity index (χ0v) is 15.8. The Hall–Kier alpha value is -3.50. The van der Waals surface area contributed by atoms with Crippen molar-refractivity contribution >= 4 is 5.91 Å². The van der Waals surface area contributed by atoms with Crippen LogP contribution in [0, 0.1) is 6.92 Å². The maximum absolute atomic E-state index is 12.8. The van der Waals surface area contributed by atoms with E-state index in [1.807, 2.05) is 24.7 Å². The van der Waals surface area contributed by atoms with Gasteiger partial charge < -0.3 is 9.47 Å². The number of hydrogen-bond acceptors (Lipinski definition) is 6. The van der Waals surface area contributed by atoms with Crippen LogP contribution in [0.1, 0.15) is 24.4 Å². The van der Waals surface area contributed by atoms with Crippen molar-refractivity contribution in [2.45, 2.75) is 33.0 Å². The Labute approximate surface area is 159 Å². The van der Waals surface area contributed by atoms with Crippen molar-refractivity contribution in [2.24, 2.45) is 7.05 Å². The highest BCUT2D eigenvalue weighted by Gasteiger charge is 2.30. The molecule has 1 atom stereocenters. The highest BCUT2D eigenvalue weighted by Crippen LogP contribution is 2.27. The van der Waals surface area contributed by atoms with Crippen molar-refractivity contribution in [3.8, 4) is 11.4 Å². The van der Waals surface area contributed by atoms with Crippen molar-refractivity contribution in [2.75, 3.05) is 6.54 Å². The number of carbonyl (C=O) groups excluding carboxylic acids is 1. The van der Waals surface area contributed by atoms with E-state index in [2.05, 4.69) is 20.3 Å². The second-order valence-corrected chi connectivity index (χ2v) is 7.04. The van der Waals surface area contributed by atoms with Crippen molar-refractivity contribution < 1.29 is 4.79 Å². The van der Waals surface area contributed by atoms with E-state index in [1.165, 1.54) is 10.8 Å². The summed E-state index contributed by atoms with van der Waals surface area (Å²) in [5.41, 5.74) is 0.191.